The van der Waals surface area contributed by atoms with E-state index in [1.165, 1.54) is 6.07 Å². The summed E-state index contributed by atoms with van der Waals surface area (Å²) in [5, 5.41) is 0. The molecule has 0 unspecified atom stereocenters. The summed E-state index contributed by atoms with van der Waals surface area (Å²) in [5.74, 6) is 0. The highest BCUT2D eigenvalue weighted by Gasteiger charge is 1.94. The summed E-state index contributed by atoms with van der Waals surface area (Å²) < 4.78 is 38.8. The molecule has 13 heavy (non-hydrogen) atoms. The van der Waals surface area contributed by atoms with E-state index in [9.17, 15) is 0 Å². The molecule has 2 aromatic rings. The van der Waals surface area contributed by atoms with Gasteiger partial charge >= 0.3 is 0 Å². The number of nitrogen functional groups attached to an aromatic ring is 1. The summed E-state index contributed by atoms with van der Waals surface area (Å²) in [5.41, 5.74) is 5.82. The predicted molar refractivity (Wildman–Crippen MR) is 56.3 cm³/mol. The van der Waals surface area contributed by atoms with E-state index in [4.69, 9.17) is 12.6 Å². The van der Waals surface area contributed by atoms with Crippen LogP contribution in [0.2, 0.25) is 0 Å². The number of benzene rings is 2. The van der Waals surface area contributed by atoms with Crippen LogP contribution in [0.4, 0.5) is 5.69 Å². The van der Waals surface area contributed by atoms with Crippen LogP contribution in [-0.4, -0.2) is 0 Å². The van der Waals surface area contributed by atoms with Crippen LogP contribution in [-0.2, 0) is 0 Å². The second kappa shape index (κ2) is 3.31. The first-order valence-electron chi connectivity index (χ1n) is 6.37. The molecule has 0 radical (unpaired) electrons. The molecule has 1 nitrogen and oxygen atoms in total. The van der Waals surface area contributed by atoms with E-state index in [2.05, 4.69) is 0 Å². The summed E-state index contributed by atoms with van der Waals surface area (Å²) in [6.45, 7) is 0. The molecule has 0 bridgehead atoms. The Morgan fingerprint density at radius 2 is 1.62 bits per heavy atom. The van der Waals surface area contributed by atoms with Crippen LogP contribution < -0.4 is 5.73 Å². The van der Waals surface area contributed by atoms with Crippen LogP contribution in [0.1, 0.15) is 6.85 Å². The van der Waals surface area contributed by atoms with Crippen molar-refractivity contribution >= 4 is 5.69 Å². The number of hydrogen-bond donors (Lipinski definition) is 1. The van der Waals surface area contributed by atoms with Gasteiger partial charge in [-0.15, -0.1) is 0 Å². The normalized spacial score (nSPS) is 15.2. The van der Waals surface area contributed by atoms with Crippen molar-refractivity contribution in [3.63, 3.8) is 0 Å². The van der Waals surface area contributed by atoms with Crippen LogP contribution in [0, 0.1) is 0 Å². The van der Waals surface area contributed by atoms with Crippen molar-refractivity contribution in [2.75, 3.05) is 5.73 Å². The quantitative estimate of drug-likeness (QED) is 0.661. The molecule has 0 atom stereocenters. The van der Waals surface area contributed by atoms with Crippen molar-refractivity contribution < 1.29 is 6.85 Å². The lowest BCUT2D eigenvalue weighted by Gasteiger charge is -2.00. The fourth-order valence-electron chi connectivity index (χ4n) is 1.01. The summed E-state index contributed by atoms with van der Waals surface area (Å²) >= 11 is 0. The first-order chi connectivity index (χ1) is 8.45. The van der Waals surface area contributed by atoms with Crippen LogP contribution in [0.5, 0.6) is 0 Å². The number of hydrogen-bond acceptors (Lipinski definition) is 1. The Morgan fingerprint density at radius 1 is 0.846 bits per heavy atom. The molecule has 2 aromatic carbocycles. The maximum atomic E-state index is 7.85. The average molecular weight is 174 g/mol. The zero-order valence-electron chi connectivity index (χ0n) is 11.9. The minimum Gasteiger partial charge on any atom is -0.399 e. The largest absolute Gasteiger partial charge is 0.399 e. The van der Waals surface area contributed by atoms with Crippen molar-refractivity contribution in [1.82, 2.24) is 0 Å². The second-order valence-corrected chi connectivity index (χ2v) is 2.56. The molecule has 0 amide bonds. The van der Waals surface area contributed by atoms with Crippen molar-refractivity contribution in [3.8, 4) is 11.1 Å². The standard InChI is InChI=1S/C12H11N/c13-12-8-6-11(7-9-12)10-4-2-1-3-5-10/h1-9H,13H2/i4D,6D,7D,8D,9D. The van der Waals surface area contributed by atoms with Crippen molar-refractivity contribution in [2.45, 2.75) is 0 Å². The maximum Gasteiger partial charge on any atom is 0.0645 e. The highest BCUT2D eigenvalue weighted by molar-refractivity contribution is 5.65. The molecule has 0 aromatic heterocycles. The van der Waals surface area contributed by atoms with Crippen molar-refractivity contribution in [1.29, 1.82) is 0 Å². The van der Waals surface area contributed by atoms with Gasteiger partial charge < -0.3 is 5.73 Å². The van der Waals surface area contributed by atoms with Gasteiger partial charge in [-0.25, -0.2) is 0 Å². The van der Waals surface area contributed by atoms with E-state index in [0.29, 0.717) is 5.56 Å². The van der Waals surface area contributed by atoms with Crippen molar-refractivity contribution in [2.24, 2.45) is 0 Å². The van der Waals surface area contributed by atoms with E-state index in [1.807, 2.05) is 0 Å². The lowest BCUT2D eigenvalue weighted by Crippen LogP contribution is -1.83. The van der Waals surface area contributed by atoms with Gasteiger partial charge in [0.05, 0.1) is 6.85 Å². The fourth-order valence-corrected chi connectivity index (χ4v) is 1.01. The minimum absolute atomic E-state index is 0.116. The topological polar surface area (TPSA) is 26.0 Å². The molecule has 0 aliphatic carbocycles. The minimum atomic E-state index is -0.269. The molecule has 0 heterocycles. The number of anilines is 1. The molecule has 0 saturated carbocycles. The van der Waals surface area contributed by atoms with Gasteiger partial charge in [0.15, 0.2) is 0 Å². The van der Waals surface area contributed by atoms with Gasteiger partial charge in [-0.2, -0.15) is 0 Å². The van der Waals surface area contributed by atoms with E-state index < -0.39 is 0 Å². The Bertz CT molecular complexity index is 595. The van der Waals surface area contributed by atoms with Gasteiger partial charge in [0.1, 0.15) is 0 Å². The molecule has 0 saturated heterocycles. The molecule has 2 N–H and O–H groups in total. The Balaban J connectivity index is 2.85. The zero-order chi connectivity index (χ0) is 13.4. The second-order valence-electron chi connectivity index (χ2n) is 2.56. The summed E-state index contributed by atoms with van der Waals surface area (Å²) in [6.07, 6.45) is 0. The van der Waals surface area contributed by atoms with Gasteiger partial charge in [-0.1, -0.05) is 42.4 Å². The van der Waals surface area contributed by atoms with E-state index >= 15 is 0 Å². The van der Waals surface area contributed by atoms with Crippen LogP contribution in [0.25, 0.3) is 11.1 Å². The molecule has 0 aliphatic rings. The Hall–Kier alpha value is -1.76. The molecule has 1 heteroatoms. The molecule has 0 aliphatic heterocycles. The van der Waals surface area contributed by atoms with Gasteiger partial charge in [0.25, 0.3) is 0 Å². The SMILES string of the molecule is [2H]c1ccccc1-c1c([2H])c([2H])c(N)c([2H])c1[2H]. The third kappa shape index (κ3) is 1.70. The zero-order valence-corrected chi connectivity index (χ0v) is 6.89. The molecular formula is C12H11N. The Kier molecular flexibility index (Phi) is 1.01. The third-order valence-corrected chi connectivity index (χ3v) is 1.62. The van der Waals surface area contributed by atoms with E-state index in [-0.39, 0.29) is 41.5 Å². The molecule has 0 fully saturated rings. The van der Waals surface area contributed by atoms with Gasteiger partial charge in [-0.3, -0.25) is 0 Å². The smallest absolute Gasteiger partial charge is 0.0645 e. The predicted octanol–water partition coefficient (Wildman–Crippen LogP) is 2.94. The van der Waals surface area contributed by atoms with E-state index in [0.717, 1.165) is 0 Å². The molecule has 64 valence electrons. The highest BCUT2D eigenvalue weighted by atomic mass is 14.5. The van der Waals surface area contributed by atoms with Gasteiger partial charge in [-0.05, 0) is 23.2 Å². The monoisotopic (exact) mass is 174 g/mol. The van der Waals surface area contributed by atoms with Crippen LogP contribution >= 0.6 is 0 Å². The summed E-state index contributed by atoms with van der Waals surface area (Å²) in [6, 6.07) is 5.70. The summed E-state index contributed by atoms with van der Waals surface area (Å²) in [7, 11) is 0. The lowest BCUT2D eigenvalue weighted by atomic mass is 10.1. The number of rotatable bonds is 1. The average Bonchev–Trinajstić information content (AvgIpc) is 2.36. The first-order valence-corrected chi connectivity index (χ1v) is 3.87. The maximum absolute atomic E-state index is 7.85. The first kappa shape index (κ1) is 3.97. The lowest BCUT2D eigenvalue weighted by molar-refractivity contribution is 1.61. The van der Waals surface area contributed by atoms with E-state index in [1.54, 1.807) is 18.2 Å². The fraction of sp³-hybridized carbons (Fsp3) is 0. The Labute approximate surface area is 84.9 Å². The Morgan fingerprint density at radius 3 is 2.31 bits per heavy atom. The van der Waals surface area contributed by atoms with Crippen LogP contribution in [0.15, 0.2) is 54.5 Å². The van der Waals surface area contributed by atoms with Crippen molar-refractivity contribution in [3.05, 3.63) is 54.5 Å². The van der Waals surface area contributed by atoms with Gasteiger partial charge in [0, 0.05) is 5.69 Å². The summed E-state index contributed by atoms with van der Waals surface area (Å²) in [4.78, 5) is 0. The van der Waals surface area contributed by atoms with Gasteiger partial charge in [0.2, 0.25) is 0 Å². The molecule has 2 rings (SSSR count). The molecule has 0 spiro atoms. The number of nitrogens with two attached hydrogens (primary N) is 1. The van der Waals surface area contributed by atoms with Crippen LogP contribution in [0.3, 0.4) is 0 Å². The highest BCUT2D eigenvalue weighted by Crippen LogP contribution is 2.19. The molecular weight excluding hydrogens is 158 g/mol. The third-order valence-electron chi connectivity index (χ3n) is 1.62.